The van der Waals surface area contributed by atoms with Gasteiger partial charge in [-0.15, -0.1) is 6.58 Å². The summed E-state index contributed by atoms with van der Waals surface area (Å²) in [7, 11) is 0. The second-order valence-corrected chi connectivity index (χ2v) is 1.71. The van der Waals surface area contributed by atoms with Crippen molar-refractivity contribution in [1.29, 1.82) is 0 Å². The smallest absolute Gasteiger partial charge is 0.450 e. The molecule has 0 aromatic heterocycles. The fourth-order valence-electron chi connectivity index (χ4n) is 0.348. The van der Waals surface area contributed by atoms with Crippen LogP contribution in [0.25, 0.3) is 0 Å². The number of hydrogen-bond donors (Lipinski definition) is 2. The van der Waals surface area contributed by atoms with Crippen LogP contribution in [0.4, 0.5) is 4.79 Å². The van der Waals surface area contributed by atoms with E-state index in [0.717, 1.165) is 0 Å². The molecule has 0 rings (SSSR count). The number of rotatable bonds is 3. The molecule has 0 spiro atoms. The lowest BCUT2D eigenvalue weighted by molar-refractivity contribution is 0.137. The molecule has 0 aromatic rings. The molecule has 60 valence electrons. The zero-order valence-corrected chi connectivity index (χ0v) is 6.21. The van der Waals surface area contributed by atoms with Crippen LogP contribution in [0.15, 0.2) is 12.7 Å². The second-order valence-electron chi connectivity index (χ2n) is 1.71. The van der Waals surface area contributed by atoms with Gasteiger partial charge in [0.2, 0.25) is 0 Å². The Balaban J connectivity index is 0. The molecule has 3 nitrogen and oxygen atoms in total. The van der Waals surface area contributed by atoms with E-state index in [-0.39, 0.29) is 0 Å². The molecule has 0 atom stereocenters. The Bertz CT molecular complexity index is 84.9. The number of hydrogen-bond acceptors (Lipinski definition) is 1. The quantitative estimate of drug-likeness (QED) is 0.475. The maximum absolute atomic E-state index is 8.56. The Morgan fingerprint density at radius 1 is 1.60 bits per heavy atom. The molecule has 3 heteroatoms. The van der Waals surface area contributed by atoms with E-state index >= 15 is 0 Å². The minimum absolute atomic E-state index is 1.18. The molecule has 0 saturated heterocycles. The van der Waals surface area contributed by atoms with Crippen molar-refractivity contribution in [3.63, 3.8) is 0 Å². The molecule has 0 unspecified atom stereocenters. The SMILES string of the molecule is C=CCCCC.O=C(O)O. The lowest BCUT2D eigenvalue weighted by Gasteiger charge is -1.81. The van der Waals surface area contributed by atoms with Crippen molar-refractivity contribution in [2.45, 2.75) is 26.2 Å². The summed E-state index contributed by atoms with van der Waals surface area (Å²) >= 11 is 0. The number of unbranched alkanes of at least 4 members (excludes halogenated alkanes) is 2. The van der Waals surface area contributed by atoms with Gasteiger partial charge in [-0.3, -0.25) is 0 Å². The van der Waals surface area contributed by atoms with Crippen LogP contribution in [0.1, 0.15) is 26.2 Å². The molecule has 0 radical (unpaired) electrons. The Morgan fingerprint density at radius 2 is 2.00 bits per heavy atom. The summed E-state index contributed by atoms with van der Waals surface area (Å²) in [6, 6.07) is 0. The van der Waals surface area contributed by atoms with E-state index < -0.39 is 6.16 Å². The van der Waals surface area contributed by atoms with E-state index in [4.69, 9.17) is 15.0 Å². The Morgan fingerprint density at radius 3 is 2.10 bits per heavy atom. The summed E-state index contributed by atoms with van der Waals surface area (Å²) in [5.74, 6) is 0. The highest BCUT2D eigenvalue weighted by molar-refractivity contribution is 5.53. The van der Waals surface area contributed by atoms with Gasteiger partial charge in [0, 0.05) is 0 Å². The molecule has 0 fully saturated rings. The van der Waals surface area contributed by atoms with Gasteiger partial charge >= 0.3 is 6.16 Å². The Kier molecular flexibility index (Phi) is 12.8. The summed E-state index contributed by atoms with van der Waals surface area (Å²) in [5, 5.41) is 13.9. The second kappa shape index (κ2) is 10.9. The summed E-state index contributed by atoms with van der Waals surface area (Å²) in [5.41, 5.74) is 0. The van der Waals surface area contributed by atoms with E-state index in [1.54, 1.807) is 0 Å². The van der Waals surface area contributed by atoms with Gasteiger partial charge in [0.15, 0.2) is 0 Å². The molecular formula is C7H14O3. The zero-order chi connectivity index (χ0) is 8.41. The lowest BCUT2D eigenvalue weighted by atomic mass is 10.3. The molecule has 0 aliphatic heterocycles. The predicted molar refractivity (Wildman–Crippen MR) is 40.4 cm³/mol. The molecule has 2 N–H and O–H groups in total. The van der Waals surface area contributed by atoms with Gasteiger partial charge in [-0.05, 0) is 6.42 Å². The van der Waals surface area contributed by atoms with Crippen LogP contribution in [0, 0.1) is 0 Å². The minimum atomic E-state index is -1.83. The highest BCUT2D eigenvalue weighted by Crippen LogP contribution is 1.91. The first kappa shape index (κ1) is 11.8. The van der Waals surface area contributed by atoms with E-state index in [2.05, 4.69) is 13.5 Å². The largest absolute Gasteiger partial charge is 0.503 e. The average Bonchev–Trinajstić information content (AvgIpc) is 1.82. The number of carboxylic acid groups (broad SMARTS) is 2. The first-order valence-electron chi connectivity index (χ1n) is 3.17. The molecular weight excluding hydrogens is 132 g/mol. The van der Waals surface area contributed by atoms with Crippen LogP contribution in [0.2, 0.25) is 0 Å². The van der Waals surface area contributed by atoms with Gasteiger partial charge in [0.25, 0.3) is 0 Å². The topological polar surface area (TPSA) is 57.5 Å². The third-order valence-corrected chi connectivity index (χ3v) is 0.762. The fraction of sp³-hybridized carbons (Fsp3) is 0.571. The van der Waals surface area contributed by atoms with Gasteiger partial charge in [0.05, 0.1) is 0 Å². The van der Waals surface area contributed by atoms with Crippen LogP contribution in [0.3, 0.4) is 0 Å². The van der Waals surface area contributed by atoms with Crippen LogP contribution in [-0.2, 0) is 0 Å². The highest BCUT2D eigenvalue weighted by atomic mass is 16.6. The van der Waals surface area contributed by atoms with Crippen LogP contribution >= 0.6 is 0 Å². The predicted octanol–water partition coefficient (Wildman–Crippen LogP) is 2.58. The first-order chi connectivity index (χ1) is 4.65. The summed E-state index contributed by atoms with van der Waals surface area (Å²) < 4.78 is 0. The first-order valence-corrected chi connectivity index (χ1v) is 3.17. The minimum Gasteiger partial charge on any atom is -0.450 e. The molecule has 0 aliphatic carbocycles. The zero-order valence-electron chi connectivity index (χ0n) is 6.21. The normalized spacial score (nSPS) is 7.30. The lowest BCUT2D eigenvalue weighted by Crippen LogP contribution is -1.81. The maximum atomic E-state index is 8.56. The standard InChI is InChI=1S/C6H12.CH2O3/c1-3-5-6-4-2;2-1(3)4/h3H,1,4-6H2,2H3;(H2,2,3,4). The maximum Gasteiger partial charge on any atom is 0.503 e. The van der Waals surface area contributed by atoms with Gasteiger partial charge < -0.3 is 10.2 Å². The highest BCUT2D eigenvalue weighted by Gasteiger charge is 1.71. The van der Waals surface area contributed by atoms with Crippen molar-refractivity contribution in [1.82, 2.24) is 0 Å². The molecule has 0 aliphatic rings. The molecule has 0 aromatic carbocycles. The van der Waals surface area contributed by atoms with Gasteiger partial charge in [-0.25, -0.2) is 4.79 Å². The summed E-state index contributed by atoms with van der Waals surface area (Å²) in [4.78, 5) is 8.56. The van der Waals surface area contributed by atoms with Crippen LogP contribution in [-0.4, -0.2) is 16.4 Å². The van der Waals surface area contributed by atoms with Gasteiger partial charge in [-0.2, -0.15) is 0 Å². The molecule has 0 bridgehead atoms. The molecule has 0 heterocycles. The third kappa shape index (κ3) is 62.7. The van der Waals surface area contributed by atoms with Crippen molar-refractivity contribution in [2.75, 3.05) is 0 Å². The average molecular weight is 146 g/mol. The van der Waals surface area contributed by atoms with Crippen LogP contribution < -0.4 is 0 Å². The van der Waals surface area contributed by atoms with Gasteiger partial charge in [0.1, 0.15) is 0 Å². The molecule has 10 heavy (non-hydrogen) atoms. The number of allylic oxidation sites excluding steroid dienone is 1. The van der Waals surface area contributed by atoms with Gasteiger partial charge in [-0.1, -0.05) is 25.8 Å². The van der Waals surface area contributed by atoms with Crippen LogP contribution in [0.5, 0.6) is 0 Å². The van der Waals surface area contributed by atoms with Crippen molar-refractivity contribution >= 4 is 6.16 Å². The Labute approximate surface area is 61.0 Å². The summed E-state index contributed by atoms with van der Waals surface area (Å²) in [6.07, 6.45) is 3.88. The molecule has 0 saturated carbocycles. The van der Waals surface area contributed by atoms with E-state index in [9.17, 15) is 0 Å². The monoisotopic (exact) mass is 146 g/mol. The molecule has 0 amide bonds. The fourth-order valence-corrected chi connectivity index (χ4v) is 0.348. The van der Waals surface area contributed by atoms with Crippen molar-refractivity contribution < 1.29 is 15.0 Å². The Hall–Kier alpha value is -0.990. The number of carbonyl (C=O) groups is 1. The van der Waals surface area contributed by atoms with Crippen molar-refractivity contribution in [3.05, 3.63) is 12.7 Å². The van der Waals surface area contributed by atoms with Crippen molar-refractivity contribution in [3.8, 4) is 0 Å². The summed E-state index contributed by atoms with van der Waals surface area (Å²) in [6.45, 7) is 5.78. The van der Waals surface area contributed by atoms with E-state index in [1.165, 1.54) is 19.3 Å². The van der Waals surface area contributed by atoms with E-state index in [0.29, 0.717) is 0 Å². The third-order valence-electron chi connectivity index (χ3n) is 0.762. The van der Waals surface area contributed by atoms with E-state index in [1.807, 2.05) is 6.08 Å². The van der Waals surface area contributed by atoms with Crippen molar-refractivity contribution in [2.24, 2.45) is 0 Å².